The number of carbonyl (C=O) groups excluding carboxylic acids is 1. The summed E-state index contributed by atoms with van der Waals surface area (Å²) in [5.41, 5.74) is 0. The molecular weight excluding hydrogens is 390 g/mol. The molecule has 32 heavy (non-hydrogen) atoms. The van der Waals surface area contributed by atoms with Crippen LogP contribution in [0.5, 0.6) is 0 Å². The summed E-state index contributed by atoms with van der Waals surface area (Å²) < 4.78 is 0. The maximum Gasteiger partial charge on any atom is 0.222 e. The minimum absolute atomic E-state index is 0.361. The monoisotopic (exact) mass is 443 g/mol. The van der Waals surface area contributed by atoms with Crippen molar-refractivity contribution in [1.82, 2.24) is 4.90 Å². The Hall–Kier alpha value is -1.31. The second-order valence-corrected chi connectivity index (χ2v) is 9.52. The molecule has 0 bridgehead atoms. The lowest BCUT2D eigenvalue weighted by atomic mass is 10.1. The summed E-state index contributed by atoms with van der Waals surface area (Å²) in [6.07, 6.45) is 39.1. The fourth-order valence-electron chi connectivity index (χ4n) is 4.32. The first kappa shape index (κ1) is 28.7. The summed E-state index contributed by atoms with van der Waals surface area (Å²) in [5.74, 6) is 0.361. The largest absolute Gasteiger partial charge is 0.343 e. The van der Waals surface area contributed by atoms with Gasteiger partial charge >= 0.3 is 0 Å². The van der Waals surface area contributed by atoms with Gasteiger partial charge in [0.1, 0.15) is 0 Å². The van der Waals surface area contributed by atoms with Gasteiger partial charge in [0.05, 0.1) is 0 Å². The molecule has 0 aromatic rings. The number of nitrogens with zero attached hydrogens (tertiary/aromatic N) is 1. The van der Waals surface area contributed by atoms with Crippen LogP contribution in [0.15, 0.2) is 36.5 Å². The van der Waals surface area contributed by atoms with Gasteiger partial charge in [-0.25, -0.2) is 0 Å². The second kappa shape index (κ2) is 22.9. The lowest BCUT2D eigenvalue weighted by Crippen LogP contribution is -2.27. The van der Waals surface area contributed by atoms with Gasteiger partial charge in [-0.1, -0.05) is 88.3 Å². The standard InChI is InChI=1S/C30H53NO/c1-2-3-4-5-6-7-8-9-10-11-12-13-14-15-16-17-18-19-20-21-22-23-24-27-30(32)31-28-25-26-29-31/h7-8,17-18,21-22H,2-6,9-16,19-20,23-29H2,1H3/b8-7-,18-17-,22-21-. The number of carbonyl (C=O) groups is 1. The Labute approximate surface area is 200 Å². The van der Waals surface area contributed by atoms with Gasteiger partial charge in [-0.05, 0) is 77.0 Å². The van der Waals surface area contributed by atoms with E-state index in [0.29, 0.717) is 5.91 Å². The van der Waals surface area contributed by atoms with Crippen LogP contribution < -0.4 is 0 Å². The van der Waals surface area contributed by atoms with Crippen molar-refractivity contribution in [1.29, 1.82) is 0 Å². The smallest absolute Gasteiger partial charge is 0.222 e. The number of likely N-dealkylation sites (tertiary alicyclic amines) is 1. The Balaban J connectivity index is 1.76. The van der Waals surface area contributed by atoms with E-state index in [1.54, 1.807) is 0 Å². The normalized spacial score (nSPS) is 14.6. The molecule has 1 aliphatic heterocycles. The first-order valence-corrected chi connectivity index (χ1v) is 14.1. The van der Waals surface area contributed by atoms with Crippen molar-refractivity contribution in [2.45, 2.75) is 135 Å². The zero-order valence-electron chi connectivity index (χ0n) is 21.4. The number of allylic oxidation sites excluding steroid dienone is 6. The fraction of sp³-hybridized carbons (Fsp3) is 0.767. The lowest BCUT2D eigenvalue weighted by Gasteiger charge is -2.14. The highest BCUT2D eigenvalue weighted by molar-refractivity contribution is 5.76. The number of hydrogen-bond donors (Lipinski definition) is 0. The first-order chi connectivity index (χ1) is 15.8. The van der Waals surface area contributed by atoms with E-state index in [0.717, 1.165) is 45.2 Å². The summed E-state index contributed by atoms with van der Waals surface area (Å²) in [6, 6.07) is 0. The van der Waals surface area contributed by atoms with Gasteiger partial charge in [0.15, 0.2) is 0 Å². The summed E-state index contributed by atoms with van der Waals surface area (Å²) in [4.78, 5) is 14.0. The van der Waals surface area contributed by atoms with Gasteiger partial charge in [0.2, 0.25) is 5.91 Å². The summed E-state index contributed by atoms with van der Waals surface area (Å²) >= 11 is 0. The average molecular weight is 444 g/mol. The highest BCUT2D eigenvalue weighted by Gasteiger charge is 2.16. The third-order valence-electron chi connectivity index (χ3n) is 6.44. The molecule has 2 nitrogen and oxygen atoms in total. The molecule has 0 aromatic heterocycles. The molecule has 0 spiro atoms. The maximum atomic E-state index is 12.0. The summed E-state index contributed by atoms with van der Waals surface area (Å²) in [7, 11) is 0. The molecule has 0 radical (unpaired) electrons. The van der Waals surface area contributed by atoms with Crippen LogP contribution in [0.1, 0.15) is 135 Å². The number of rotatable bonds is 21. The van der Waals surface area contributed by atoms with Crippen molar-refractivity contribution < 1.29 is 4.79 Å². The Kier molecular flexibility index (Phi) is 20.5. The molecule has 1 fully saturated rings. The zero-order chi connectivity index (χ0) is 23.0. The highest BCUT2D eigenvalue weighted by atomic mass is 16.2. The molecule has 0 aromatic carbocycles. The Morgan fingerprint density at radius 1 is 0.562 bits per heavy atom. The van der Waals surface area contributed by atoms with Crippen LogP contribution in [0.25, 0.3) is 0 Å². The third kappa shape index (κ3) is 18.3. The molecule has 1 aliphatic rings. The predicted octanol–water partition coefficient (Wildman–Crippen LogP) is 9.32. The molecule has 0 saturated carbocycles. The van der Waals surface area contributed by atoms with Gasteiger partial charge in [0.25, 0.3) is 0 Å². The van der Waals surface area contributed by atoms with E-state index in [1.807, 2.05) is 4.90 Å². The molecule has 2 heteroatoms. The molecule has 1 saturated heterocycles. The quantitative estimate of drug-likeness (QED) is 0.128. The van der Waals surface area contributed by atoms with E-state index in [1.165, 1.54) is 96.3 Å². The van der Waals surface area contributed by atoms with Gasteiger partial charge < -0.3 is 4.90 Å². The van der Waals surface area contributed by atoms with Crippen LogP contribution in [0.4, 0.5) is 0 Å². The highest BCUT2D eigenvalue weighted by Crippen LogP contribution is 2.12. The van der Waals surface area contributed by atoms with E-state index in [-0.39, 0.29) is 0 Å². The van der Waals surface area contributed by atoms with E-state index in [2.05, 4.69) is 43.4 Å². The van der Waals surface area contributed by atoms with Crippen molar-refractivity contribution >= 4 is 5.91 Å². The number of amides is 1. The van der Waals surface area contributed by atoms with Crippen LogP contribution in [-0.4, -0.2) is 23.9 Å². The fourth-order valence-corrected chi connectivity index (χ4v) is 4.32. The van der Waals surface area contributed by atoms with Gasteiger partial charge in [-0.15, -0.1) is 0 Å². The Morgan fingerprint density at radius 3 is 1.47 bits per heavy atom. The van der Waals surface area contributed by atoms with Crippen molar-refractivity contribution in [3.8, 4) is 0 Å². The Bertz CT molecular complexity index is 499. The molecule has 1 rings (SSSR count). The van der Waals surface area contributed by atoms with E-state index in [9.17, 15) is 4.79 Å². The zero-order valence-corrected chi connectivity index (χ0v) is 21.4. The molecule has 1 amide bonds. The van der Waals surface area contributed by atoms with Crippen LogP contribution in [-0.2, 0) is 4.79 Å². The van der Waals surface area contributed by atoms with Crippen molar-refractivity contribution in [2.75, 3.05) is 13.1 Å². The lowest BCUT2D eigenvalue weighted by molar-refractivity contribution is -0.130. The second-order valence-electron chi connectivity index (χ2n) is 9.52. The van der Waals surface area contributed by atoms with E-state index >= 15 is 0 Å². The third-order valence-corrected chi connectivity index (χ3v) is 6.44. The average Bonchev–Trinajstić information content (AvgIpc) is 3.34. The minimum atomic E-state index is 0.361. The van der Waals surface area contributed by atoms with Gasteiger partial charge in [-0.2, -0.15) is 0 Å². The molecule has 0 aliphatic carbocycles. The Morgan fingerprint density at radius 2 is 0.969 bits per heavy atom. The van der Waals surface area contributed by atoms with E-state index in [4.69, 9.17) is 0 Å². The summed E-state index contributed by atoms with van der Waals surface area (Å²) in [5, 5.41) is 0. The maximum absolute atomic E-state index is 12.0. The van der Waals surface area contributed by atoms with Crippen LogP contribution in [0.2, 0.25) is 0 Å². The van der Waals surface area contributed by atoms with Crippen molar-refractivity contribution in [2.24, 2.45) is 0 Å². The molecule has 0 N–H and O–H groups in total. The molecule has 1 heterocycles. The first-order valence-electron chi connectivity index (χ1n) is 14.1. The summed E-state index contributed by atoms with van der Waals surface area (Å²) in [6.45, 7) is 4.24. The molecular formula is C30H53NO. The van der Waals surface area contributed by atoms with Crippen LogP contribution in [0, 0.1) is 0 Å². The minimum Gasteiger partial charge on any atom is -0.343 e. The van der Waals surface area contributed by atoms with Crippen molar-refractivity contribution in [3.63, 3.8) is 0 Å². The molecule has 184 valence electrons. The van der Waals surface area contributed by atoms with Crippen LogP contribution >= 0.6 is 0 Å². The van der Waals surface area contributed by atoms with E-state index < -0.39 is 0 Å². The van der Waals surface area contributed by atoms with Crippen molar-refractivity contribution in [3.05, 3.63) is 36.5 Å². The van der Waals surface area contributed by atoms with Gasteiger partial charge in [0, 0.05) is 19.5 Å². The number of unbranched alkanes of at least 4 members (excludes halogenated alkanes) is 13. The predicted molar refractivity (Wildman–Crippen MR) is 142 cm³/mol. The molecule has 0 atom stereocenters. The van der Waals surface area contributed by atoms with Gasteiger partial charge in [-0.3, -0.25) is 4.79 Å². The topological polar surface area (TPSA) is 20.3 Å². The SMILES string of the molecule is CCCCCC/C=C\CCCCCCCC/C=C\CC/C=C\CCCC(=O)N1CCCC1. The molecule has 0 unspecified atom stereocenters. The van der Waals surface area contributed by atoms with Crippen LogP contribution in [0.3, 0.4) is 0 Å². The number of hydrogen-bond acceptors (Lipinski definition) is 1.